The SMILES string of the molecule is Cn1c(=O)cnn(-c2cc(Cl)c(C(C(=O)O)c3ccc(Cl)cc3)c(Cl)c2)c1=O. The van der Waals surface area contributed by atoms with E-state index in [9.17, 15) is 19.5 Å². The van der Waals surface area contributed by atoms with E-state index in [4.69, 9.17) is 34.8 Å². The molecule has 1 atom stereocenters. The standard InChI is InChI=1S/C18H12Cl3N3O4/c1-23-14(25)8-22-24(18(23)28)11-6-12(20)16(13(21)7-11)15(17(26)27)9-2-4-10(19)5-3-9/h2-8,15H,1H3,(H,26,27). The Bertz CT molecular complexity index is 1160. The van der Waals surface area contributed by atoms with Gasteiger partial charge in [-0.1, -0.05) is 46.9 Å². The minimum absolute atomic E-state index is 0.0346. The van der Waals surface area contributed by atoms with Crippen LogP contribution in [0.3, 0.4) is 0 Å². The second kappa shape index (κ2) is 7.79. The van der Waals surface area contributed by atoms with E-state index in [0.29, 0.717) is 10.6 Å². The number of hydrogen-bond acceptors (Lipinski definition) is 4. The summed E-state index contributed by atoms with van der Waals surface area (Å²) in [6.07, 6.45) is 0.977. The number of hydrogen-bond donors (Lipinski definition) is 1. The van der Waals surface area contributed by atoms with Crippen LogP contribution in [0.2, 0.25) is 15.1 Å². The third kappa shape index (κ3) is 3.69. The lowest BCUT2D eigenvalue weighted by Gasteiger charge is -2.18. The Morgan fingerprint density at radius 3 is 2.18 bits per heavy atom. The fourth-order valence-electron chi connectivity index (χ4n) is 2.71. The highest BCUT2D eigenvalue weighted by Gasteiger charge is 2.28. The molecule has 1 N–H and O–H groups in total. The number of aliphatic carboxylic acids is 1. The molecule has 3 rings (SSSR count). The number of halogens is 3. The first-order valence-electron chi connectivity index (χ1n) is 7.83. The summed E-state index contributed by atoms with van der Waals surface area (Å²) in [4.78, 5) is 35.7. The zero-order chi connectivity index (χ0) is 20.6. The summed E-state index contributed by atoms with van der Waals surface area (Å²) in [6.45, 7) is 0. The number of benzene rings is 2. The molecule has 3 aromatic rings. The Hall–Kier alpha value is -2.61. The fraction of sp³-hybridized carbons (Fsp3) is 0.111. The summed E-state index contributed by atoms with van der Waals surface area (Å²) in [5.41, 5.74) is -0.464. The van der Waals surface area contributed by atoms with Crippen molar-refractivity contribution in [3.05, 3.63) is 89.6 Å². The zero-order valence-electron chi connectivity index (χ0n) is 14.3. The predicted octanol–water partition coefficient (Wildman–Crippen LogP) is 3.11. The Morgan fingerprint density at radius 2 is 1.64 bits per heavy atom. The van der Waals surface area contributed by atoms with Crippen molar-refractivity contribution in [1.29, 1.82) is 0 Å². The van der Waals surface area contributed by atoms with Crippen LogP contribution in [-0.2, 0) is 11.8 Å². The first kappa shape index (κ1) is 20.1. The van der Waals surface area contributed by atoms with Gasteiger partial charge in [0.2, 0.25) is 0 Å². The van der Waals surface area contributed by atoms with Crippen LogP contribution < -0.4 is 11.2 Å². The minimum atomic E-state index is -1.16. The van der Waals surface area contributed by atoms with Crippen LogP contribution >= 0.6 is 34.8 Å². The summed E-state index contributed by atoms with van der Waals surface area (Å²) in [7, 11) is 1.31. The fourth-order valence-corrected chi connectivity index (χ4v) is 3.53. The van der Waals surface area contributed by atoms with E-state index in [1.165, 1.54) is 19.2 Å². The van der Waals surface area contributed by atoms with Crippen molar-refractivity contribution in [3.63, 3.8) is 0 Å². The van der Waals surface area contributed by atoms with Gasteiger partial charge in [-0.15, -0.1) is 0 Å². The molecule has 0 saturated carbocycles. The van der Waals surface area contributed by atoms with E-state index in [-0.39, 0.29) is 21.3 Å². The smallest absolute Gasteiger partial charge is 0.351 e. The third-order valence-electron chi connectivity index (χ3n) is 4.13. The molecule has 0 bridgehead atoms. The van der Waals surface area contributed by atoms with E-state index < -0.39 is 23.1 Å². The van der Waals surface area contributed by atoms with Gasteiger partial charge in [0.05, 0.1) is 5.69 Å². The third-order valence-corrected chi connectivity index (χ3v) is 5.01. The molecular formula is C18H12Cl3N3O4. The molecule has 7 nitrogen and oxygen atoms in total. The van der Waals surface area contributed by atoms with Gasteiger partial charge in [-0.25, -0.2) is 4.79 Å². The predicted molar refractivity (Wildman–Crippen MR) is 106 cm³/mol. The quantitative estimate of drug-likeness (QED) is 0.673. The highest BCUT2D eigenvalue weighted by Crippen LogP contribution is 2.37. The Kier molecular flexibility index (Phi) is 5.60. The van der Waals surface area contributed by atoms with Crippen molar-refractivity contribution in [3.8, 4) is 5.69 Å². The summed E-state index contributed by atoms with van der Waals surface area (Å²) in [5, 5.41) is 14.1. The average Bonchev–Trinajstić information content (AvgIpc) is 2.63. The maximum Gasteiger partial charge on any atom is 0.351 e. The average molecular weight is 441 g/mol. The van der Waals surface area contributed by atoms with Crippen molar-refractivity contribution >= 4 is 40.8 Å². The first-order valence-corrected chi connectivity index (χ1v) is 8.97. The molecule has 0 saturated heterocycles. The Labute approximate surface area is 173 Å². The lowest BCUT2D eigenvalue weighted by Crippen LogP contribution is -2.38. The van der Waals surface area contributed by atoms with Gasteiger partial charge in [0.25, 0.3) is 5.56 Å². The maximum absolute atomic E-state index is 12.3. The van der Waals surface area contributed by atoms with E-state index in [1.54, 1.807) is 24.3 Å². The van der Waals surface area contributed by atoms with Gasteiger partial charge < -0.3 is 5.11 Å². The molecule has 1 heterocycles. The highest BCUT2D eigenvalue weighted by molar-refractivity contribution is 6.37. The second-order valence-corrected chi connectivity index (χ2v) is 7.13. The van der Waals surface area contributed by atoms with Gasteiger partial charge in [0.15, 0.2) is 0 Å². The van der Waals surface area contributed by atoms with Gasteiger partial charge in [0.1, 0.15) is 12.1 Å². The molecule has 1 aromatic heterocycles. The van der Waals surface area contributed by atoms with Gasteiger partial charge in [-0.05, 0) is 29.8 Å². The number of carboxylic acids is 1. The van der Waals surface area contributed by atoms with Crippen LogP contribution in [0.4, 0.5) is 0 Å². The lowest BCUT2D eigenvalue weighted by atomic mass is 9.91. The van der Waals surface area contributed by atoms with Crippen molar-refractivity contribution in [2.24, 2.45) is 7.05 Å². The van der Waals surface area contributed by atoms with Crippen LogP contribution in [0.1, 0.15) is 17.0 Å². The molecule has 0 spiro atoms. The van der Waals surface area contributed by atoms with E-state index in [1.807, 2.05) is 0 Å². The zero-order valence-corrected chi connectivity index (χ0v) is 16.5. The maximum atomic E-state index is 12.3. The Balaban J connectivity index is 2.18. The van der Waals surface area contributed by atoms with E-state index in [2.05, 4.69) is 5.10 Å². The van der Waals surface area contributed by atoms with E-state index in [0.717, 1.165) is 15.4 Å². The molecule has 0 aliphatic carbocycles. The monoisotopic (exact) mass is 439 g/mol. The molecule has 0 radical (unpaired) electrons. The van der Waals surface area contributed by atoms with Crippen LogP contribution in [0.25, 0.3) is 5.69 Å². The van der Waals surface area contributed by atoms with Crippen molar-refractivity contribution < 1.29 is 9.90 Å². The van der Waals surface area contributed by atoms with Gasteiger partial charge in [-0.3, -0.25) is 14.2 Å². The van der Waals surface area contributed by atoms with Crippen molar-refractivity contribution in [1.82, 2.24) is 14.3 Å². The first-order chi connectivity index (χ1) is 13.2. The molecule has 2 aromatic carbocycles. The number of nitrogens with zero attached hydrogens (tertiary/aromatic N) is 3. The van der Waals surface area contributed by atoms with Crippen LogP contribution in [-0.4, -0.2) is 25.4 Å². The highest BCUT2D eigenvalue weighted by atomic mass is 35.5. The topological polar surface area (TPSA) is 94.2 Å². The van der Waals surface area contributed by atoms with Crippen LogP contribution in [0, 0.1) is 0 Å². The molecule has 144 valence electrons. The number of rotatable bonds is 4. The van der Waals surface area contributed by atoms with Crippen molar-refractivity contribution in [2.45, 2.75) is 5.92 Å². The van der Waals surface area contributed by atoms with Crippen LogP contribution in [0.15, 0.2) is 52.2 Å². The number of aromatic nitrogens is 3. The van der Waals surface area contributed by atoms with Crippen LogP contribution in [0.5, 0.6) is 0 Å². The lowest BCUT2D eigenvalue weighted by molar-refractivity contribution is -0.137. The summed E-state index contributed by atoms with van der Waals surface area (Å²) < 4.78 is 1.82. The molecule has 0 fully saturated rings. The molecule has 0 amide bonds. The largest absolute Gasteiger partial charge is 0.481 e. The molecule has 0 aliphatic heterocycles. The molecule has 10 heteroatoms. The molecule has 1 unspecified atom stereocenters. The molecular weight excluding hydrogens is 429 g/mol. The van der Waals surface area contributed by atoms with Crippen molar-refractivity contribution in [2.75, 3.05) is 0 Å². The molecule has 28 heavy (non-hydrogen) atoms. The van der Waals surface area contributed by atoms with Gasteiger partial charge in [-0.2, -0.15) is 9.78 Å². The minimum Gasteiger partial charge on any atom is -0.481 e. The summed E-state index contributed by atoms with van der Waals surface area (Å²) in [6, 6.07) is 9.01. The second-order valence-electron chi connectivity index (χ2n) is 5.88. The summed E-state index contributed by atoms with van der Waals surface area (Å²) >= 11 is 18.6. The van der Waals surface area contributed by atoms with Gasteiger partial charge in [0, 0.05) is 27.7 Å². The normalized spacial score (nSPS) is 12.0. The summed E-state index contributed by atoms with van der Waals surface area (Å²) in [5.74, 6) is -2.30. The number of carboxylic acid groups (broad SMARTS) is 1. The molecule has 0 aliphatic rings. The Morgan fingerprint density at radius 1 is 1.07 bits per heavy atom. The van der Waals surface area contributed by atoms with Gasteiger partial charge >= 0.3 is 11.7 Å². The van der Waals surface area contributed by atoms with E-state index >= 15 is 0 Å². The number of carbonyl (C=O) groups is 1.